The standard InChI is InChI=1S/C19H23N3O2/c23-14-2-1-13-22(18-7-8-18)19(24)15-3-5-16(6-4-15)21-17-9-11-20-12-10-17/h3-6,9-12,18,23H,1-2,7-8,13-14H2,(H,20,21). The van der Waals surface area contributed by atoms with Crippen molar-refractivity contribution in [1.29, 1.82) is 0 Å². The third-order valence-electron chi connectivity index (χ3n) is 4.16. The maximum Gasteiger partial charge on any atom is 0.254 e. The van der Waals surface area contributed by atoms with E-state index in [1.807, 2.05) is 41.3 Å². The number of hydrogen-bond acceptors (Lipinski definition) is 4. The van der Waals surface area contributed by atoms with Crippen LogP contribution in [-0.4, -0.2) is 40.1 Å². The highest BCUT2D eigenvalue weighted by atomic mass is 16.3. The van der Waals surface area contributed by atoms with Crippen molar-refractivity contribution in [3.63, 3.8) is 0 Å². The van der Waals surface area contributed by atoms with E-state index < -0.39 is 0 Å². The fourth-order valence-electron chi connectivity index (χ4n) is 2.69. The fourth-order valence-corrected chi connectivity index (χ4v) is 2.69. The van der Waals surface area contributed by atoms with Crippen LogP contribution in [0, 0.1) is 0 Å². The summed E-state index contributed by atoms with van der Waals surface area (Å²) in [6.07, 6.45) is 7.24. The molecule has 0 radical (unpaired) electrons. The first-order valence-electron chi connectivity index (χ1n) is 8.47. The van der Waals surface area contributed by atoms with Crippen LogP contribution in [0.1, 0.15) is 36.0 Å². The number of aliphatic hydroxyl groups is 1. The normalized spacial score (nSPS) is 13.5. The summed E-state index contributed by atoms with van der Waals surface area (Å²) in [5.41, 5.74) is 2.62. The minimum Gasteiger partial charge on any atom is -0.396 e. The molecule has 1 heterocycles. The molecule has 0 atom stereocenters. The lowest BCUT2D eigenvalue weighted by atomic mass is 10.1. The van der Waals surface area contributed by atoms with Gasteiger partial charge in [0.05, 0.1) is 0 Å². The van der Waals surface area contributed by atoms with Gasteiger partial charge in [0.2, 0.25) is 0 Å². The Balaban J connectivity index is 1.64. The summed E-state index contributed by atoms with van der Waals surface area (Å²) in [7, 11) is 0. The molecule has 0 aliphatic heterocycles. The van der Waals surface area contributed by atoms with Crippen molar-refractivity contribution in [3.8, 4) is 0 Å². The molecular weight excluding hydrogens is 302 g/mol. The van der Waals surface area contributed by atoms with Gasteiger partial charge in [-0.3, -0.25) is 9.78 Å². The number of unbranched alkanes of at least 4 members (excludes halogenated alkanes) is 1. The Labute approximate surface area is 142 Å². The molecule has 5 nitrogen and oxygen atoms in total. The van der Waals surface area contributed by atoms with E-state index in [1.54, 1.807) is 12.4 Å². The summed E-state index contributed by atoms with van der Waals surface area (Å²) in [5.74, 6) is 0.0888. The van der Waals surface area contributed by atoms with E-state index in [9.17, 15) is 4.79 Å². The van der Waals surface area contributed by atoms with Gasteiger partial charge in [0.15, 0.2) is 0 Å². The number of anilines is 2. The largest absolute Gasteiger partial charge is 0.396 e. The molecule has 2 aromatic rings. The second-order valence-electron chi connectivity index (χ2n) is 6.10. The quantitative estimate of drug-likeness (QED) is 0.732. The molecular formula is C19H23N3O2. The van der Waals surface area contributed by atoms with Crippen molar-refractivity contribution in [1.82, 2.24) is 9.88 Å². The first-order chi connectivity index (χ1) is 11.8. The Morgan fingerprint density at radius 1 is 1.08 bits per heavy atom. The molecule has 1 aliphatic rings. The molecule has 0 bridgehead atoms. The van der Waals surface area contributed by atoms with Crippen molar-refractivity contribution in [2.45, 2.75) is 31.7 Å². The summed E-state index contributed by atoms with van der Waals surface area (Å²) < 4.78 is 0. The first kappa shape index (κ1) is 16.5. The molecule has 1 amide bonds. The molecule has 0 saturated heterocycles. The van der Waals surface area contributed by atoms with Crippen LogP contribution < -0.4 is 5.32 Å². The molecule has 126 valence electrons. The van der Waals surface area contributed by atoms with Gasteiger partial charge in [-0.2, -0.15) is 0 Å². The number of aliphatic hydroxyl groups excluding tert-OH is 1. The van der Waals surface area contributed by atoms with Crippen molar-refractivity contribution in [2.24, 2.45) is 0 Å². The lowest BCUT2D eigenvalue weighted by molar-refractivity contribution is 0.0737. The zero-order valence-corrected chi connectivity index (χ0v) is 13.7. The van der Waals surface area contributed by atoms with E-state index in [0.717, 1.165) is 43.6 Å². The van der Waals surface area contributed by atoms with Crippen molar-refractivity contribution in [2.75, 3.05) is 18.5 Å². The second kappa shape index (κ2) is 7.93. The molecule has 24 heavy (non-hydrogen) atoms. The molecule has 0 unspecified atom stereocenters. The molecule has 0 spiro atoms. The summed E-state index contributed by atoms with van der Waals surface area (Å²) in [6, 6.07) is 11.8. The topological polar surface area (TPSA) is 65.5 Å². The Bertz CT molecular complexity index is 654. The third-order valence-corrected chi connectivity index (χ3v) is 4.16. The average molecular weight is 325 g/mol. The van der Waals surface area contributed by atoms with Gasteiger partial charge in [0, 0.05) is 48.5 Å². The highest BCUT2D eigenvalue weighted by molar-refractivity contribution is 5.95. The SMILES string of the molecule is O=C(c1ccc(Nc2ccncc2)cc1)N(CCCCO)C1CC1. The van der Waals surface area contributed by atoms with Crippen LogP contribution in [0.2, 0.25) is 0 Å². The number of hydrogen-bond donors (Lipinski definition) is 2. The van der Waals surface area contributed by atoms with Gasteiger partial charge in [0.25, 0.3) is 5.91 Å². The smallest absolute Gasteiger partial charge is 0.254 e. The maximum atomic E-state index is 12.7. The number of rotatable bonds is 8. The number of nitrogens with one attached hydrogen (secondary N) is 1. The Hall–Kier alpha value is -2.40. The predicted octanol–water partition coefficient (Wildman–Crippen LogP) is 3.20. The summed E-state index contributed by atoms with van der Waals surface area (Å²) >= 11 is 0. The number of amides is 1. The lowest BCUT2D eigenvalue weighted by Crippen LogP contribution is -2.34. The summed E-state index contributed by atoms with van der Waals surface area (Å²) in [5, 5.41) is 12.2. The van der Waals surface area contributed by atoms with Gasteiger partial charge in [-0.15, -0.1) is 0 Å². The number of nitrogens with zero attached hydrogens (tertiary/aromatic N) is 2. The second-order valence-corrected chi connectivity index (χ2v) is 6.10. The minimum absolute atomic E-state index is 0.0888. The van der Waals surface area contributed by atoms with Crippen LogP contribution >= 0.6 is 0 Å². The van der Waals surface area contributed by atoms with E-state index in [-0.39, 0.29) is 12.5 Å². The molecule has 5 heteroatoms. The Morgan fingerprint density at radius 3 is 2.38 bits per heavy atom. The first-order valence-corrected chi connectivity index (χ1v) is 8.47. The van der Waals surface area contributed by atoms with E-state index in [4.69, 9.17) is 5.11 Å². The number of pyridine rings is 1. The van der Waals surface area contributed by atoms with Gasteiger partial charge in [-0.1, -0.05) is 0 Å². The van der Waals surface area contributed by atoms with E-state index in [1.165, 1.54) is 0 Å². The molecule has 1 aliphatic carbocycles. The van der Waals surface area contributed by atoms with Crippen LogP contribution in [0.5, 0.6) is 0 Å². The van der Waals surface area contributed by atoms with Crippen molar-refractivity contribution in [3.05, 3.63) is 54.4 Å². The summed E-state index contributed by atoms with van der Waals surface area (Å²) in [6.45, 7) is 0.906. The summed E-state index contributed by atoms with van der Waals surface area (Å²) in [4.78, 5) is 18.7. The molecule has 2 N–H and O–H groups in total. The van der Waals surface area contributed by atoms with Crippen LogP contribution in [0.25, 0.3) is 0 Å². The predicted molar refractivity (Wildman–Crippen MR) is 94.3 cm³/mol. The van der Waals surface area contributed by atoms with Crippen LogP contribution in [0.3, 0.4) is 0 Å². The number of benzene rings is 1. The van der Waals surface area contributed by atoms with Gasteiger partial charge in [-0.25, -0.2) is 0 Å². The van der Waals surface area contributed by atoms with Crippen LogP contribution in [0.4, 0.5) is 11.4 Å². The third kappa shape index (κ3) is 4.32. The van der Waals surface area contributed by atoms with Crippen LogP contribution in [0.15, 0.2) is 48.8 Å². The average Bonchev–Trinajstić information content (AvgIpc) is 3.45. The van der Waals surface area contributed by atoms with E-state index in [2.05, 4.69) is 10.3 Å². The zero-order valence-electron chi connectivity index (χ0n) is 13.7. The monoisotopic (exact) mass is 325 g/mol. The molecule has 1 aromatic carbocycles. The van der Waals surface area contributed by atoms with Gasteiger partial charge in [0.1, 0.15) is 0 Å². The maximum absolute atomic E-state index is 12.7. The highest BCUT2D eigenvalue weighted by Gasteiger charge is 2.32. The Kier molecular flexibility index (Phi) is 5.43. The molecule has 1 fully saturated rings. The van der Waals surface area contributed by atoms with Crippen molar-refractivity contribution >= 4 is 17.3 Å². The van der Waals surface area contributed by atoms with E-state index in [0.29, 0.717) is 11.6 Å². The number of carbonyl (C=O) groups excluding carboxylic acids is 1. The molecule has 3 rings (SSSR count). The number of carbonyl (C=O) groups is 1. The van der Waals surface area contributed by atoms with E-state index >= 15 is 0 Å². The van der Waals surface area contributed by atoms with Gasteiger partial charge in [-0.05, 0) is 62.1 Å². The fraction of sp³-hybridized carbons (Fsp3) is 0.368. The zero-order chi connectivity index (χ0) is 16.8. The minimum atomic E-state index is 0.0888. The highest BCUT2D eigenvalue weighted by Crippen LogP contribution is 2.29. The lowest BCUT2D eigenvalue weighted by Gasteiger charge is -2.22. The Morgan fingerprint density at radius 2 is 1.75 bits per heavy atom. The van der Waals surface area contributed by atoms with Gasteiger partial charge >= 0.3 is 0 Å². The van der Waals surface area contributed by atoms with Gasteiger partial charge < -0.3 is 15.3 Å². The number of aromatic nitrogens is 1. The molecule has 1 aromatic heterocycles. The van der Waals surface area contributed by atoms with Crippen molar-refractivity contribution < 1.29 is 9.90 Å². The molecule has 1 saturated carbocycles. The van der Waals surface area contributed by atoms with Crippen LogP contribution in [-0.2, 0) is 0 Å².